The molecular formula is C40H71N5O7. The molecule has 1 aliphatic rings. The maximum atomic E-state index is 14.2. The highest BCUT2D eigenvalue weighted by Gasteiger charge is 2.43. The third-order valence-electron chi connectivity index (χ3n) is 11.1. The minimum atomic E-state index is -1.00. The number of aliphatic hydroxyl groups excluding tert-OH is 2. The van der Waals surface area contributed by atoms with Crippen LogP contribution in [0.15, 0.2) is 30.3 Å². The van der Waals surface area contributed by atoms with E-state index in [1.807, 2.05) is 95.8 Å². The van der Waals surface area contributed by atoms with E-state index >= 15 is 0 Å². The molecule has 0 aliphatic carbocycles. The van der Waals surface area contributed by atoms with E-state index in [-0.39, 0.29) is 54.0 Å². The lowest BCUT2D eigenvalue weighted by Crippen LogP contribution is -2.59. The molecule has 1 aromatic carbocycles. The number of nitrogens with one attached hydrogen (secondary N) is 2. The van der Waals surface area contributed by atoms with Crippen LogP contribution in [0.25, 0.3) is 0 Å². The fourth-order valence-corrected chi connectivity index (χ4v) is 7.92. The molecule has 3 amide bonds. The van der Waals surface area contributed by atoms with Crippen LogP contribution in [0.1, 0.15) is 92.7 Å². The van der Waals surface area contributed by atoms with Gasteiger partial charge in [0.2, 0.25) is 17.7 Å². The summed E-state index contributed by atoms with van der Waals surface area (Å²) in [5, 5.41) is 28.3. The van der Waals surface area contributed by atoms with Crippen molar-refractivity contribution in [1.29, 1.82) is 0 Å². The van der Waals surface area contributed by atoms with Crippen LogP contribution in [-0.4, -0.2) is 133 Å². The Kier molecular flexibility index (Phi) is 18.7. The third kappa shape index (κ3) is 11.7. The van der Waals surface area contributed by atoms with Crippen molar-refractivity contribution in [3.63, 3.8) is 0 Å². The number of hydrogen-bond acceptors (Lipinski definition) is 9. The van der Waals surface area contributed by atoms with Crippen LogP contribution < -0.4 is 10.6 Å². The zero-order chi connectivity index (χ0) is 39.4. The molecule has 1 aliphatic heterocycles. The fraction of sp³-hybridized carbons (Fsp3) is 0.775. The first-order valence-corrected chi connectivity index (χ1v) is 19.2. The van der Waals surface area contributed by atoms with E-state index in [2.05, 4.69) is 24.5 Å². The summed E-state index contributed by atoms with van der Waals surface area (Å²) in [5.74, 6) is -1.04. The number of likely N-dealkylation sites (N-methyl/N-ethyl adjacent to an activating group) is 2. The van der Waals surface area contributed by atoms with Crippen molar-refractivity contribution >= 4 is 17.7 Å². The molecule has 1 aromatic rings. The SMILES string of the molecule is CC[C@H](C)[C@@H](C(CC(=O)N1CCC[C@H]1[C@H](OC)[C@@H](C)C(O)N[C@H](C)[C@@H](O)c1ccccc1)OC)N(C)C(=O)[C@@H](NC(=O)[C@H](C(C)C)N(C)C)C(C)C. The van der Waals surface area contributed by atoms with Crippen LogP contribution in [-0.2, 0) is 23.9 Å². The van der Waals surface area contributed by atoms with Gasteiger partial charge in [0.25, 0.3) is 0 Å². The summed E-state index contributed by atoms with van der Waals surface area (Å²) in [6.07, 6.45) is -0.571. The van der Waals surface area contributed by atoms with Crippen LogP contribution in [0.4, 0.5) is 0 Å². The van der Waals surface area contributed by atoms with Crippen LogP contribution in [0.3, 0.4) is 0 Å². The van der Waals surface area contributed by atoms with E-state index in [1.54, 1.807) is 26.2 Å². The summed E-state index contributed by atoms with van der Waals surface area (Å²) < 4.78 is 12.0. The number of hydrogen-bond donors (Lipinski definition) is 4. The van der Waals surface area contributed by atoms with Crippen molar-refractivity contribution in [1.82, 2.24) is 25.3 Å². The predicted molar refractivity (Wildman–Crippen MR) is 205 cm³/mol. The first kappa shape index (κ1) is 45.5. The van der Waals surface area contributed by atoms with E-state index in [9.17, 15) is 24.6 Å². The zero-order valence-corrected chi connectivity index (χ0v) is 34.2. The number of carbonyl (C=O) groups is 3. The van der Waals surface area contributed by atoms with Gasteiger partial charge in [-0.3, -0.25) is 24.6 Å². The lowest BCUT2D eigenvalue weighted by Gasteiger charge is -2.41. The van der Waals surface area contributed by atoms with Crippen molar-refractivity contribution in [2.24, 2.45) is 23.7 Å². The van der Waals surface area contributed by atoms with Gasteiger partial charge in [0.05, 0.1) is 42.9 Å². The fourth-order valence-electron chi connectivity index (χ4n) is 7.92. The molecule has 0 aromatic heterocycles. The molecule has 0 bridgehead atoms. The van der Waals surface area contributed by atoms with Crippen LogP contribution in [0.5, 0.6) is 0 Å². The molecule has 11 atom stereocenters. The average molecular weight is 734 g/mol. The van der Waals surface area contributed by atoms with Crippen molar-refractivity contribution < 1.29 is 34.1 Å². The zero-order valence-electron chi connectivity index (χ0n) is 34.2. The van der Waals surface area contributed by atoms with Gasteiger partial charge in [0.15, 0.2) is 0 Å². The molecule has 0 saturated carbocycles. The number of methoxy groups -OCH3 is 2. The summed E-state index contributed by atoms with van der Waals surface area (Å²) in [4.78, 5) is 47.2. The van der Waals surface area contributed by atoms with Crippen LogP contribution >= 0.6 is 0 Å². The number of benzene rings is 1. The van der Waals surface area contributed by atoms with Gasteiger partial charge in [-0.1, -0.05) is 85.2 Å². The quantitative estimate of drug-likeness (QED) is 0.139. The predicted octanol–water partition coefficient (Wildman–Crippen LogP) is 3.66. The molecule has 2 rings (SSSR count). The highest BCUT2D eigenvalue weighted by atomic mass is 16.5. The Labute approximate surface area is 314 Å². The number of ether oxygens (including phenoxy) is 2. The summed E-state index contributed by atoms with van der Waals surface area (Å²) >= 11 is 0. The molecule has 0 radical (unpaired) electrons. The highest BCUT2D eigenvalue weighted by Crippen LogP contribution is 2.30. The molecule has 2 unspecified atom stereocenters. The monoisotopic (exact) mass is 734 g/mol. The second kappa shape index (κ2) is 21.3. The molecular weight excluding hydrogens is 662 g/mol. The van der Waals surface area contributed by atoms with Gasteiger partial charge in [0.1, 0.15) is 12.3 Å². The van der Waals surface area contributed by atoms with Gasteiger partial charge < -0.3 is 34.8 Å². The number of amides is 3. The molecule has 1 fully saturated rings. The molecule has 1 heterocycles. The van der Waals surface area contributed by atoms with Crippen molar-refractivity contribution in [2.75, 3.05) is 41.9 Å². The van der Waals surface area contributed by atoms with Crippen molar-refractivity contribution in [3.05, 3.63) is 35.9 Å². The van der Waals surface area contributed by atoms with Gasteiger partial charge >= 0.3 is 0 Å². The van der Waals surface area contributed by atoms with Gasteiger partial charge in [-0.2, -0.15) is 0 Å². The van der Waals surface area contributed by atoms with E-state index in [1.165, 1.54) is 0 Å². The van der Waals surface area contributed by atoms with Crippen LogP contribution in [0, 0.1) is 23.7 Å². The summed E-state index contributed by atoms with van der Waals surface area (Å²) in [6, 6.07) is 7.03. The normalized spacial score (nSPS) is 20.9. The molecule has 12 nitrogen and oxygen atoms in total. The van der Waals surface area contributed by atoms with Gasteiger partial charge in [-0.15, -0.1) is 0 Å². The molecule has 298 valence electrons. The Balaban J connectivity index is 2.25. The van der Waals surface area contributed by atoms with Crippen LogP contribution in [0.2, 0.25) is 0 Å². The first-order valence-electron chi connectivity index (χ1n) is 19.2. The minimum absolute atomic E-state index is 0.00373. The van der Waals surface area contributed by atoms with E-state index in [0.29, 0.717) is 13.0 Å². The largest absolute Gasteiger partial charge is 0.387 e. The lowest BCUT2D eigenvalue weighted by atomic mass is 9.89. The third-order valence-corrected chi connectivity index (χ3v) is 11.1. The Morgan fingerprint density at radius 1 is 0.942 bits per heavy atom. The standard InChI is InChI=1S/C40H71N5O7/c1-14-26(6)35(44(11)40(50)33(24(2)3)42-39(49)34(25(4)5)43(9)10)31(51-12)23-32(46)45-22-18-21-30(45)37(52-13)27(7)38(48)41-28(8)36(47)29-19-16-15-17-20-29/h15-17,19-20,24-28,30-31,33-38,41,47-48H,14,18,21-23H2,1-13H3,(H,42,49)/t26-,27+,28+,30-,31?,33-,34-,35-,36+,37+,38?/m0/s1. The maximum Gasteiger partial charge on any atom is 0.245 e. The number of carbonyl (C=O) groups excluding carboxylic acids is 3. The van der Waals surface area contributed by atoms with Crippen molar-refractivity contribution in [3.8, 4) is 0 Å². The Bertz CT molecular complexity index is 1230. The Morgan fingerprint density at radius 2 is 1.56 bits per heavy atom. The first-order chi connectivity index (χ1) is 24.4. The topological polar surface area (TPSA) is 144 Å². The summed E-state index contributed by atoms with van der Waals surface area (Å²) in [5.41, 5.74) is 0.752. The lowest BCUT2D eigenvalue weighted by molar-refractivity contribution is -0.147. The second-order valence-electron chi connectivity index (χ2n) is 15.8. The second-order valence-corrected chi connectivity index (χ2v) is 15.8. The summed E-state index contributed by atoms with van der Waals surface area (Å²) in [7, 11) is 8.64. The number of nitrogens with zero attached hydrogens (tertiary/aromatic N) is 3. The maximum absolute atomic E-state index is 14.2. The van der Waals surface area contributed by atoms with E-state index in [0.717, 1.165) is 18.4 Å². The molecule has 1 saturated heterocycles. The molecule has 4 N–H and O–H groups in total. The molecule has 0 spiro atoms. The highest BCUT2D eigenvalue weighted by molar-refractivity contribution is 5.90. The average Bonchev–Trinajstić information content (AvgIpc) is 3.59. The number of aliphatic hydroxyl groups is 2. The van der Waals surface area contributed by atoms with Gasteiger partial charge in [-0.25, -0.2) is 0 Å². The summed E-state index contributed by atoms with van der Waals surface area (Å²) in [6.45, 7) is 16.2. The Hall–Kier alpha value is -2.61. The minimum Gasteiger partial charge on any atom is -0.387 e. The van der Waals surface area contributed by atoms with Gasteiger partial charge in [-0.05, 0) is 57.2 Å². The Morgan fingerprint density at radius 3 is 2.06 bits per heavy atom. The van der Waals surface area contributed by atoms with Crippen molar-refractivity contribution in [2.45, 2.75) is 136 Å². The van der Waals surface area contributed by atoms with E-state index < -0.39 is 48.6 Å². The molecule has 12 heteroatoms. The van der Waals surface area contributed by atoms with E-state index in [4.69, 9.17) is 9.47 Å². The number of rotatable bonds is 21. The van der Waals surface area contributed by atoms with Gasteiger partial charge in [0, 0.05) is 39.8 Å². The molecule has 52 heavy (non-hydrogen) atoms. The smallest absolute Gasteiger partial charge is 0.245 e. The number of likely N-dealkylation sites (tertiary alicyclic amines) is 1.